The van der Waals surface area contributed by atoms with Gasteiger partial charge in [0.25, 0.3) is 0 Å². The first kappa shape index (κ1) is 17.6. The molecule has 1 atom stereocenters. The maximum absolute atomic E-state index is 5.81. The van der Waals surface area contributed by atoms with Crippen LogP contribution >= 0.6 is 0 Å². The van der Waals surface area contributed by atoms with Gasteiger partial charge in [0.15, 0.2) is 11.5 Å². The summed E-state index contributed by atoms with van der Waals surface area (Å²) in [5, 5.41) is 1.10. The Morgan fingerprint density at radius 3 is 2.48 bits per heavy atom. The molecule has 0 bridgehead atoms. The minimum absolute atomic E-state index is 0.0643. The Labute approximate surface area is 168 Å². The topological polar surface area (TPSA) is 69.3 Å². The quantitative estimate of drug-likeness (QED) is 0.564. The molecule has 0 radical (unpaired) electrons. The van der Waals surface area contributed by atoms with Gasteiger partial charge in [-0.3, -0.25) is 4.98 Å². The SMILES string of the molecule is COc1ccc(C2Cc3cccnc3-c3[nH]c4ncccc4c32)c(OC)c1OC. The number of H-pyrrole nitrogens is 1. The molecule has 6 nitrogen and oxygen atoms in total. The molecule has 3 heterocycles. The highest BCUT2D eigenvalue weighted by Gasteiger charge is 2.33. The molecule has 0 spiro atoms. The summed E-state index contributed by atoms with van der Waals surface area (Å²) in [7, 11) is 4.92. The molecule has 1 aliphatic carbocycles. The van der Waals surface area contributed by atoms with Crippen LogP contribution in [0.4, 0.5) is 0 Å². The summed E-state index contributed by atoms with van der Waals surface area (Å²) in [5.74, 6) is 2.00. The third-order valence-electron chi connectivity index (χ3n) is 5.62. The van der Waals surface area contributed by atoms with E-state index >= 15 is 0 Å². The van der Waals surface area contributed by atoms with E-state index in [-0.39, 0.29) is 5.92 Å². The van der Waals surface area contributed by atoms with Crippen LogP contribution in [-0.4, -0.2) is 36.3 Å². The van der Waals surface area contributed by atoms with Gasteiger partial charge in [-0.1, -0.05) is 12.1 Å². The molecule has 4 aromatic rings. The van der Waals surface area contributed by atoms with Crippen molar-refractivity contribution in [1.29, 1.82) is 0 Å². The van der Waals surface area contributed by atoms with Crippen LogP contribution in [0.2, 0.25) is 0 Å². The number of hydrogen-bond acceptors (Lipinski definition) is 5. The number of pyridine rings is 2. The number of benzene rings is 1. The first-order valence-corrected chi connectivity index (χ1v) is 9.46. The van der Waals surface area contributed by atoms with Gasteiger partial charge in [0.05, 0.1) is 32.7 Å². The monoisotopic (exact) mass is 387 g/mol. The van der Waals surface area contributed by atoms with Crippen LogP contribution in [0.3, 0.4) is 0 Å². The molecule has 5 rings (SSSR count). The number of aromatic nitrogens is 3. The maximum atomic E-state index is 5.81. The lowest BCUT2D eigenvalue weighted by Gasteiger charge is -2.27. The van der Waals surface area contributed by atoms with Crippen LogP contribution < -0.4 is 14.2 Å². The Hall–Kier alpha value is -3.54. The van der Waals surface area contributed by atoms with Gasteiger partial charge in [-0.15, -0.1) is 0 Å². The predicted molar refractivity (Wildman–Crippen MR) is 111 cm³/mol. The summed E-state index contributed by atoms with van der Waals surface area (Å²) in [6, 6.07) is 12.2. The zero-order valence-electron chi connectivity index (χ0n) is 16.5. The van der Waals surface area contributed by atoms with Gasteiger partial charge >= 0.3 is 0 Å². The largest absolute Gasteiger partial charge is 0.493 e. The molecule has 0 saturated heterocycles. The van der Waals surface area contributed by atoms with E-state index in [1.165, 1.54) is 11.1 Å². The summed E-state index contributed by atoms with van der Waals surface area (Å²) < 4.78 is 16.9. The van der Waals surface area contributed by atoms with Gasteiger partial charge in [0, 0.05) is 29.3 Å². The minimum atomic E-state index is 0.0643. The molecule has 3 aromatic heterocycles. The van der Waals surface area contributed by atoms with Crippen molar-refractivity contribution in [3.05, 3.63) is 65.5 Å². The van der Waals surface area contributed by atoms with Gasteiger partial charge < -0.3 is 19.2 Å². The Bertz CT molecular complexity index is 1220. The molecule has 1 unspecified atom stereocenters. The number of hydrogen-bond donors (Lipinski definition) is 1. The van der Waals surface area contributed by atoms with Crippen molar-refractivity contribution >= 4 is 11.0 Å². The molecule has 146 valence electrons. The highest BCUT2D eigenvalue weighted by molar-refractivity contribution is 5.91. The highest BCUT2D eigenvalue weighted by Crippen LogP contribution is 2.50. The van der Waals surface area contributed by atoms with E-state index in [9.17, 15) is 0 Å². The molecule has 29 heavy (non-hydrogen) atoms. The zero-order valence-corrected chi connectivity index (χ0v) is 16.5. The fourth-order valence-electron chi connectivity index (χ4n) is 4.41. The molecule has 6 heteroatoms. The lowest BCUT2D eigenvalue weighted by atomic mass is 9.79. The van der Waals surface area contributed by atoms with Crippen molar-refractivity contribution in [2.75, 3.05) is 21.3 Å². The average Bonchev–Trinajstić information content (AvgIpc) is 3.17. The van der Waals surface area contributed by atoms with Crippen LogP contribution in [0, 0.1) is 0 Å². The molecule has 0 amide bonds. The van der Waals surface area contributed by atoms with Crippen molar-refractivity contribution in [3.63, 3.8) is 0 Å². The molecule has 0 fully saturated rings. The fourth-order valence-corrected chi connectivity index (χ4v) is 4.41. The predicted octanol–water partition coefficient (Wildman–Crippen LogP) is 4.34. The number of nitrogens with zero attached hydrogens (tertiary/aromatic N) is 2. The smallest absolute Gasteiger partial charge is 0.203 e. The molecule has 1 N–H and O–H groups in total. The minimum Gasteiger partial charge on any atom is -0.493 e. The summed E-state index contributed by atoms with van der Waals surface area (Å²) in [5.41, 5.74) is 6.28. The van der Waals surface area contributed by atoms with E-state index in [1.807, 2.05) is 24.4 Å². The normalized spacial score (nSPS) is 14.9. The summed E-state index contributed by atoms with van der Waals surface area (Å²) in [4.78, 5) is 12.7. The van der Waals surface area contributed by atoms with Gasteiger partial charge in [-0.2, -0.15) is 0 Å². The van der Waals surface area contributed by atoms with Crippen LogP contribution in [0.1, 0.15) is 22.6 Å². The first-order valence-electron chi connectivity index (χ1n) is 9.46. The van der Waals surface area contributed by atoms with Crippen molar-refractivity contribution in [3.8, 4) is 28.6 Å². The third kappa shape index (κ3) is 2.56. The van der Waals surface area contributed by atoms with E-state index < -0.39 is 0 Å². The lowest BCUT2D eigenvalue weighted by molar-refractivity contribution is 0.321. The van der Waals surface area contributed by atoms with Crippen molar-refractivity contribution in [1.82, 2.24) is 15.0 Å². The zero-order chi connectivity index (χ0) is 20.0. The van der Waals surface area contributed by atoms with E-state index in [1.54, 1.807) is 27.5 Å². The van der Waals surface area contributed by atoms with Crippen LogP contribution in [0.5, 0.6) is 17.2 Å². The second-order valence-corrected chi connectivity index (χ2v) is 7.00. The summed E-state index contributed by atoms with van der Waals surface area (Å²) in [6.45, 7) is 0. The number of ether oxygens (including phenoxy) is 3. The highest BCUT2D eigenvalue weighted by atomic mass is 16.5. The lowest BCUT2D eigenvalue weighted by Crippen LogP contribution is -2.14. The molecule has 1 aliphatic rings. The number of fused-ring (bicyclic) bond motifs is 5. The third-order valence-corrected chi connectivity index (χ3v) is 5.62. The Morgan fingerprint density at radius 1 is 0.897 bits per heavy atom. The maximum Gasteiger partial charge on any atom is 0.203 e. The Balaban J connectivity index is 1.81. The molecule has 1 aromatic carbocycles. The van der Waals surface area contributed by atoms with E-state index in [2.05, 4.69) is 33.2 Å². The second kappa shape index (κ2) is 6.81. The number of rotatable bonds is 4. The van der Waals surface area contributed by atoms with Crippen LogP contribution in [0.15, 0.2) is 48.8 Å². The Morgan fingerprint density at radius 2 is 1.69 bits per heavy atom. The molecule has 0 aliphatic heterocycles. The first-order chi connectivity index (χ1) is 14.3. The fraction of sp³-hybridized carbons (Fsp3) is 0.217. The second-order valence-electron chi connectivity index (χ2n) is 7.00. The van der Waals surface area contributed by atoms with E-state index in [4.69, 9.17) is 14.2 Å². The van der Waals surface area contributed by atoms with Crippen molar-refractivity contribution in [2.24, 2.45) is 0 Å². The van der Waals surface area contributed by atoms with Gasteiger partial charge in [0.1, 0.15) is 5.65 Å². The number of nitrogens with one attached hydrogen (secondary N) is 1. The van der Waals surface area contributed by atoms with Crippen molar-refractivity contribution < 1.29 is 14.2 Å². The standard InChI is InChI=1S/C23H21N3O3/c1-27-17-9-8-14(21(28-2)22(17)29-3)16-12-13-6-4-10-24-19(13)20-18(16)15-7-5-11-25-23(15)26-20/h4-11,16H,12H2,1-3H3,(H,25,26). The van der Waals surface area contributed by atoms with E-state index in [0.717, 1.165) is 34.4 Å². The van der Waals surface area contributed by atoms with Crippen LogP contribution in [0.25, 0.3) is 22.4 Å². The van der Waals surface area contributed by atoms with Gasteiger partial charge in [-0.25, -0.2) is 4.98 Å². The number of aromatic amines is 1. The molecular formula is C23H21N3O3. The van der Waals surface area contributed by atoms with Gasteiger partial charge in [0.2, 0.25) is 5.75 Å². The Kier molecular flexibility index (Phi) is 4.12. The number of methoxy groups -OCH3 is 3. The summed E-state index contributed by atoms with van der Waals surface area (Å²) >= 11 is 0. The average molecular weight is 387 g/mol. The van der Waals surface area contributed by atoms with Crippen LogP contribution in [-0.2, 0) is 6.42 Å². The van der Waals surface area contributed by atoms with Crippen molar-refractivity contribution in [2.45, 2.75) is 12.3 Å². The molecule has 0 saturated carbocycles. The summed E-state index contributed by atoms with van der Waals surface area (Å²) in [6.07, 6.45) is 4.44. The molecular weight excluding hydrogens is 366 g/mol. The van der Waals surface area contributed by atoms with Gasteiger partial charge in [-0.05, 0) is 41.8 Å². The van der Waals surface area contributed by atoms with E-state index in [0.29, 0.717) is 17.2 Å².